The summed E-state index contributed by atoms with van der Waals surface area (Å²) < 4.78 is 8.74. The van der Waals surface area contributed by atoms with Crippen LogP contribution < -0.4 is 51.4 Å². The van der Waals surface area contributed by atoms with Gasteiger partial charge in [-0.05, 0) is 0 Å². The van der Waals surface area contributed by atoms with Crippen LogP contribution in [-0.4, -0.2) is 24.2 Å². The molecule has 4 nitrogen and oxygen atoms in total. The van der Waals surface area contributed by atoms with Crippen LogP contribution in [0.25, 0.3) is 0 Å². The third-order valence-electron chi connectivity index (χ3n) is 0. The van der Waals surface area contributed by atoms with Crippen molar-refractivity contribution in [3.8, 4) is 0 Å². The van der Waals surface area contributed by atoms with Gasteiger partial charge in [0.05, 0.1) is 0 Å². The Labute approximate surface area is 96.9 Å². The number of hydrogen-bond donors (Lipinski definition) is 2. The molecule has 0 aliphatic heterocycles. The van der Waals surface area contributed by atoms with Crippen molar-refractivity contribution in [3.63, 3.8) is 0 Å². The molecule has 0 spiro atoms. The first kappa shape index (κ1) is 23.3. The van der Waals surface area contributed by atoms with Crippen molar-refractivity contribution in [2.45, 2.75) is 0 Å². The number of hydrogen-bond acceptors (Lipinski definition) is 1. The minimum atomic E-state index is -3.13. The van der Waals surface area contributed by atoms with E-state index in [1.807, 2.05) is 0 Å². The molecule has 0 atom stereocenters. The molecule has 0 aromatic carbocycles. The Morgan fingerprint density at radius 3 is 1.43 bits per heavy atom. The van der Waals surface area contributed by atoms with E-state index in [1.54, 1.807) is 0 Å². The summed E-state index contributed by atoms with van der Waals surface area (Å²) in [6, 6.07) is 0. The van der Waals surface area contributed by atoms with Gasteiger partial charge in [0.2, 0.25) is 0 Å². The molecule has 0 unspecified atom stereocenters. The van der Waals surface area contributed by atoms with Crippen LogP contribution in [0.5, 0.6) is 0 Å². The maximum absolute atomic E-state index is 8.74. The maximum atomic E-state index is 8.74. The molecule has 0 aliphatic carbocycles. The fraction of sp³-hybridized carbons (Fsp3) is 0. The molecule has 0 aromatic heterocycles. The molecule has 42 valence electrons. The Hall–Kier alpha value is 1.73. The second kappa shape index (κ2) is 15.6. The summed E-state index contributed by atoms with van der Waals surface area (Å²) in [5, 5.41) is 0. The van der Waals surface area contributed by atoms with Gasteiger partial charge in [0, 0.05) is 17.1 Å². The fourth-order valence-corrected chi connectivity index (χ4v) is 0. The van der Waals surface area contributed by atoms with Gasteiger partial charge in [-0.15, -0.1) is 0 Å². The zero-order valence-electron chi connectivity index (χ0n) is 4.66. The summed E-state index contributed by atoms with van der Waals surface area (Å²) in [7, 11) is -3.13. The first-order valence-electron chi connectivity index (χ1n) is 0.651. The van der Waals surface area contributed by atoms with Gasteiger partial charge in [0.25, 0.3) is 0 Å². The van der Waals surface area contributed by atoms with Crippen LogP contribution in [0.1, 0.15) is 1.43 Å². The Morgan fingerprint density at radius 2 is 1.43 bits per heavy atom. The van der Waals surface area contributed by atoms with Gasteiger partial charge in [-0.25, -0.2) is 0 Å². The smallest absolute Gasteiger partial charge is 1.00 e. The zero-order valence-corrected chi connectivity index (χ0v) is 8.88. The zero-order chi connectivity index (χ0) is 3.58. The third-order valence-corrected chi connectivity index (χ3v) is 0. The van der Waals surface area contributed by atoms with Gasteiger partial charge < -0.3 is 16.5 Å². The normalized spacial score (nSPS) is 3.43. The molecule has 0 rings (SSSR count). The molecule has 7 heavy (non-hydrogen) atoms. The van der Waals surface area contributed by atoms with Crippen molar-refractivity contribution >= 4 is 9.17 Å². The van der Waals surface area contributed by atoms with Crippen LogP contribution in [-0.2, 0) is 21.5 Å². The van der Waals surface area contributed by atoms with Crippen molar-refractivity contribution in [2.24, 2.45) is 0 Å². The predicted molar refractivity (Wildman–Crippen MR) is 15.6 cm³/mol. The molecule has 0 aromatic rings. The van der Waals surface area contributed by atoms with Crippen LogP contribution in [0.2, 0.25) is 0 Å². The van der Waals surface area contributed by atoms with Crippen molar-refractivity contribution in [1.29, 1.82) is 0 Å². The molecule has 4 N–H and O–H groups in total. The second-order valence-electron chi connectivity index (χ2n) is 0.283. The third kappa shape index (κ3) is 84.6. The topological polar surface area (TPSA) is 89.0 Å². The Kier molecular flexibility index (Phi) is 52.1. The maximum Gasteiger partial charge on any atom is 1.00 e. The molecule has 7 heteroatoms. The fourth-order valence-electron chi connectivity index (χ4n) is 0. The standard InChI is InChI=1S/Fe.K.H2O3Si.H2O.H/c;;1-4(2)3;;/h;;1-2H;1H2;/q;+1;;;-1. The Balaban J connectivity index is -0.00000000750. The van der Waals surface area contributed by atoms with E-state index in [-0.39, 0.29) is 75.4 Å². The number of rotatable bonds is 0. The van der Waals surface area contributed by atoms with Crippen LogP contribution in [0.4, 0.5) is 0 Å². The van der Waals surface area contributed by atoms with Gasteiger partial charge in [-0.3, -0.25) is 4.46 Å². The first-order chi connectivity index (χ1) is 1.73. The molecule has 0 heterocycles. The van der Waals surface area contributed by atoms with Crippen molar-refractivity contribution < 1.29 is 89.4 Å². The average molecular weight is 192 g/mol. The van der Waals surface area contributed by atoms with E-state index in [4.69, 9.17) is 14.1 Å². The van der Waals surface area contributed by atoms with Crippen LogP contribution >= 0.6 is 0 Å². The van der Waals surface area contributed by atoms with E-state index < -0.39 is 9.17 Å². The van der Waals surface area contributed by atoms with Crippen LogP contribution in [0.3, 0.4) is 0 Å². The van der Waals surface area contributed by atoms with Gasteiger partial charge in [0.15, 0.2) is 0 Å². The van der Waals surface area contributed by atoms with E-state index in [9.17, 15) is 0 Å². The van der Waals surface area contributed by atoms with Crippen molar-refractivity contribution in [3.05, 3.63) is 0 Å². The Morgan fingerprint density at radius 1 is 1.43 bits per heavy atom. The monoisotopic (exact) mass is 192 g/mol. The quantitative estimate of drug-likeness (QED) is 0.375. The van der Waals surface area contributed by atoms with Gasteiger partial charge in [-0.2, -0.15) is 0 Å². The molecule has 0 radical (unpaired) electrons. The SMILES string of the molecule is O.O=[Si](O)O.[Fe].[H-].[K+]. The molecule has 0 saturated carbocycles. The minimum absolute atomic E-state index is 0. The van der Waals surface area contributed by atoms with E-state index in [0.717, 1.165) is 0 Å². The van der Waals surface area contributed by atoms with Crippen molar-refractivity contribution in [1.82, 2.24) is 0 Å². The van der Waals surface area contributed by atoms with Gasteiger partial charge in [-0.1, -0.05) is 0 Å². The second-order valence-corrected chi connectivity index (χ2v) is 0.848. The van der Waals surface area contributed by atoms with Crippen LogP contribution in [0.15, 0.2) is 0 Å². The summed E-state index contributed by atoms with van der Waals surface area (Å²) in [6.07, 6.45) is 0. The molecule has 0 saturated heterocycles. The molecular formula is H5FeKO4Si. The Bertz CT molecular complexity index is 39.0. The summed E-state index contributed by atoms with van der Waals surface area (Å²) in [6.45, 7) is 0. The molecule has 0 bridgehead atoms. The van der Waals surface area contributed by atoms with Gasteiger partial charge in [0.1, 0.15) is 0 Å². The van der Waals surface area contributed by atoms with E-state index >= 15 is 0 Å². The molecular weight excluding hydrogens is 187 g/mol. The first-order valence-corrected chi connectivity index (χ1v) is 1.95. The molecule has 0 amide bonds. The predicted octanol–water partition coefficient (Wildman–Crippen LogP) is -5.32. The van der Waals surface area contributed by atoms with Gasteiger partial charge >= 0.3 is 60.6 Å². The largest absolute Gasteiger partial charge is 1.00 e. The van der Waals surface area contributed by atoms with E-state index in [2.05, 4.69) is 0 Å². The summed E-state index contributed by atoms with van der Waals surface area (Å²) in [5.74, 6) is 0. The van der Waals surface area contributed by atoms with Crippen molar-refractivity contribution in [2.75, 3.05) is 0 Å². The summed E-state index contributed by atoms with van der Waals surface area (Å²) in [4.78, 5) is 14.3. The van der Waals surface area contributed by atoms with E-state index in [1.165, 1.54) is 0 Å². The summed E-state index contributed by atoms with van der Waals surface area (Å²) in [5.41, 5.74) is 0. The average Bonchev–Trinajstić information content (AvgIpc) is 0.811. The minimum Gasteiger partial charge on any atom is -1.00 e. The molecule has 0 fully saturated rings. The summed E-state index contributed by atoms with van der Waals surface area (Å²) >= 11 is 0. The van der Waals surface area contributed by atoms with E-state index in [0.29, 0.717) is 0 Å². The molecule has 0 aliphatic rings. The van der Waals surface area contributed by atoms with Crippen LogP contribution in [0, 0.1) is 0 Å².